The Morgan fingerprint density at radius 3 is 2.17 bits per heavy atom. The van der Waals surface area contributed by atoms with Crippen LogP contribution in [0.25, 0.3) is 0 Å². The number of rotatable bonds is 6. The number of amides is 1. The van der Waals surface area contributed by atoms with E-state index in [0.717, 1.165) is 5.56 Å². The highest BCUT2D eigenvalue weighted by molar-refractivity contribution is 7.51. The van der Waals surface area contributed by atoms with Gasteiger partial charge in [0, 0.05) is 0 Å². The van der Waals surface area contributed by atoms with Crippen molar-refractivity contribution in [1.29, 1.82) is 0 Å². The largest absolute Gasteiger partial charge is 0.445 e. The average Bonchev–Trinajstić information content (AvgIpc) is 2.53. The maximum atomic E-state index is 11.9. The summed E-state index contributed by atoms with van der Waals surface area (Å²) in [6, 6.07) is 17.0. The molecule has 0 saturated carbocycles. The summed E-state index contributed by atoms with van der Waals surface area (Å²) in [6.07, 6.45) is -1.21. The van der Waals surface area contributed by atoms with E-state index >= 15 is 0 Å². The summed E-state index contributed by atoms with van der Waals surface area (Å²) in [7, 11) is -4.29. The van der Waals surface area contributed by atoms with Gasteiger partial charge in [-0.3, -0.25) is 4.57 Å². The Labute approximate surface area is 134 Å². The van der Waals surface area contributed by atoms with E-state index in [2.05, 4.69) is 5.32 Å². The maximum absolute atomic E-state index is 11.9. The van der Waals surface area contributed by atoms with Crippen LogP contribution in [0.15, 0.2) is 60.7 Å². The molecule has 122 valence electrons. The Morgan fingerprint density at radius 2 is 1.61 bits per heavy atom. The van der Waals surface area contributed by atoms with E-state index in [-0.39, 0.29) is 6.61 Å². The average molecular weight is 335 g/mol. The molecule has 7 heteroatoms. The minimum absolute atomic E-state index is 0.0874. The standard InChI is InChI=1S/C16H18NO5P/c18-16(22-11-13-7-3-1-4-8-13)17-15(12-23(19,20)21)14-9-5-2-6-10-14/h1-10,15H,11-12H2,(H,17,18)(H2,19,20,21). The van der Waals surface area contributed by atoms with E-state index in [4.69, 9.17) is 4.74 Å². The van der Waals surface area contributed by atoms with Crippen LogP contribution in [-0.4, -0.2) is 22.0 Å². The van der Waals surface area contributed by atoms with Crippen molar-refractivity contribution in [1.82, 2.24) is 5.32 Å². The van der Waals surface area contributed by atoms with E-state index in [0.29, 0.717) is 5.56 Å². The molecule has 0 radical (unpaired) electrons. The number of ether oxygens (including phenoxy) is 1. The van der Waals surface area contributed by atoms with Crippen LogP contribution in [0.1, 0.15) is 17.2 Å². The zero-order valence-electron chi connectivity index (χ0n) is 12.3. The van der Waals surface area contributed by atoms with E-state index in [1.807, 2.05) is 30.3 Å². The molecule has 1 amide bonds. The highest BCUT2D eigenvalue weighted by atomic mass is 31.2. The maximum Gasteiger partial charge on any atom is 0.407 e. The van der Waals surface area contributed by atoms with Crippen molar-refractivity contribution in [3.05, 3.63) is 71.8 Å². The third-order valence-electron chi connectivity index (χ3n) is 3.13. The quantitative estimate of drug-likeness (QED) is 0.706. The van der Waals surface area contributed by atoms with Crippen molar-refractivity contribution in [2.75, 3.05) is 6.16 Å². The first-order chi connectivity index (χ1) is 10.9. The summed E-state index contributed by atoms with van der Waals surface area (Å²) in [4.78, 5) is 30.3. The fourth-order valence-corrected chi connectivity index (χ4v) is 2.84. The number of hydrogen-bond donors (Lipinski definition) is 3. The molecule has 0 aliphatic carbocycles. The zero-order valence-corrected chi connectivity index (χ0v) is 13.2. The Morgan fingerprint density at radius 1 is 1.04 bits per heavy atom. The zero-order chi connectivity index (χ0) is 16.7. The number of carbonyl (C=O) groups is 1. The molecule has 23 heavy (non-hydrogen) atoms. The second-order valence-electron chi connectivity index (χ2n) is 5.02. The SMILES string of the molecule is O=C(NC(CP(=O)(O)O)c1ccccc1)OCc1ccccc1. The third-order valence-corrected chi connectivity index (χ3v) is 3.97. The molecule has 0 aromatic heterocycles. The van der Waals surface area contributed by atoms with Gasteiger partial charge in [-0.25, -0.2) is 4.79 Å². The summed E-state index contributed by atoms with van der Waals surface area (Å²) in [5, 5.41) is 2.51. The molecule has 6 nitrogen and oxygen atoms in total. The Kier molecular flexibility index (Phi) is 5.93. The van der Waals surface area contributed by atoms with Gasteiger partial charge >= 0.3 is 13.7 Å². The second-order valence-corrected chi connectivity index (χ2v) is 6.71. The molecule has 1 atom stereocenters. The van der Waals surface area contributed by atoms with Crippen LogP contribution in [0.4, 0.5) is 4.79 Å². The van der Waals surface area contributed by atoms with Crippen molar-refractivity contribution in [3.8, 4) is 0 Å². The predicted octanol–water partition coefficient (Wildman–Crippen LogP) is 2.83. The first-order valence-electron chi connectivity index (χ1n) is 7.01. The first-order valence-corrected chi connectivity index (χ1v) is 8.80. The van der Waals surface area contributed by atoms with Gasteiger partial charge in [-0.15, -0.1) is 0 Å². The van der Waals surface area contributed by atoms with Gasteiger partial charge in [0.2, 0.25) is 0 Å². The summed E-state index contributed by atoms with van der Waals surface area (Å²) in [6.45, 7) is 0.0874. The Balaban J connectivity index is 1.99. The van der Waals surface area contributed by atoms with Gasteiger partial charge in [-0.2, -0.15) is 0 Å². The van der Waals surface area contributed by atoms with Crippen LogP contribution in [0.5, 0.6) is 0 Å². The molecule has 2 aromatic rings. The summed E-state index contributed by atoms with van der Waals surface area (Å²) >= 11 is 0. The predicted molar refractivity (Wildman–Crippen MR) is 85.9 cm³/mol. The van der Waals surface area contributed by atoms with Gasteiger partial charge in [0.25, 0.3) is 0 Å². The minimum Gasteiger partial charge on any atom is -0.445 e. The third kappa shape index (κ3) is 6.24. The molecule has 0 aliphatic heterocycles. The molecule has 3 N–H and O–H groups in total. The lowest BCUT2D eigenvalue weighted by Crippen LogP contribution is -2.31. The Hall–Kier alpha value is -2.14. The molecule has 2 aromatic carbocycles. The number of nitrogens with one attached hydrogen (secondary N) is 1. The molecule has 0 saturated heterocycles. The van der Waals surface area contributed by atoms with E-state index < -0.39 is 25.9 Å². The molecule has 1 unspecified atom stereocenters. The van der Waals surface area contributed by atoms with Crippen molar-refractivity contribution >= 4 is 13.7 Å². The van der Waals surface area contributed by atoms with Gasteiger partial charge in [0.05, 0.1) is 12.2 Å². The number of hydrogen-bond acceptors (Lipinski definition) is 3. The lowest BCUT2D eigenvalue weighted by Gasteiger charge is -2.19. The molecule has 0 bridgehead atoms. The van der Waals surface area contributed by atoms with Crippen LogP contribution >= 0.6 is 7.60 Å². The van der Waals surface area contributed by atoms with Gasteiger partial charge < -0.3 is 19.8 Å². The normalized spacial score (nSPS) is 12.4. The van der Waals surface area contributed by atoms with Crippen molar-refractivity contribution in [2.24, 2.45) is 0 Å². The second kappa shape index (κ2) is 7.92. The minimum atomic E-state index is -4.29. The van der Waals surface area contributed by atoms with Crippen molar-refractivity contribution in [2.45, 2.75) is 12.6 Å². The van der Waals surface area contributed by atoms with Gasteiger partial charge in [-0.1, -0.05) is 60.7 Å². The summed E-state index contributed by atoms with van der Waals surface area (Å²) < 4.78 is 16.4. The van der Waals surface area contributed by atoms with Crippen LogP contribution in [0, 0.1) is 0 Å². The first kappa shape index (κ1) is 17.2. The van der Waals surface area contributed by atoms with Crippen LogP contribution < -0.4 is 5.32 Å². The molecule has 0 heterocycles. The van der Waals surface area contributed by atoms with Crippen molar-refractivity contribution < 1.29 is 23.9 Å². The number of benzene rings is 2. The van der Waals surface area contributed by atoms with Gasteiger partial charge in [-0.05, 0) is 11.1 Å². The number of alkyl carbamates (subject to hydrolysis) is 1. The Bertz CT molecular complexity index is 671. The summed E-state index contributed by atoms with van der Waals surface area (Å²) in [5.74, 6) is 0. The van der Waals surface area contributed by atoms with E-state index in [1.54, 1.807) is 30.3 Å². The van der Waals surface area contributed by atoms with Crippen LogP contribution in [0.2, 0.25) is 0 Å². The lowest BCUT2D eigenvalue weighted by molar-refractivity contribution is 0.136. The van der Waals surface area contributed by atoms with Crippen LogP contribution in [0.3, 0.4) is 0 Å². The fourth-order valence-electron chi connectivity index (χ4n) is 2.06. The highest BCUT2D eigenvalue weighted by Crippen LogP contribution is 2.39. The highest BCUT2D eigenvalue weighted by Gasteiger charge is 2.24. The monoisotopic (exact) mass is 335 g/mol. The smallest absolute Gasteiger partial charge is 0.407 e. The van der Waals surface area contributed by atoms with E-state index in [9.17, 15) is 19.1 Å². The lowest BCUT2D eigenvalue weighted by atomic mass is 10.1. The van der Waals surface area contributed by atoms with Crippen LogP contribution in [-0.2, 0) is 15.9 Å². The molecule has 0 fully saturated rings. The topological polar surface area (TPSA) is 95.9 Å². The molecular formula is C16H18NO5P. The number of carbonyl (C=O) groups excluding carboxylic acids is 1. The molecular weight excluding hydrogens is 317 g/mol. The molecule has 2 rings (SSSR count). The summed E-state index contributed by atoms with van der Waals surface area (Å²) in [5.41, 5.74) is 1.43. The molecule has 0 aliphatic rings. The van der Waals surface area contributed by atoms with Crippen molar-refractivity contribution in [3.63, 3.8) is 0 Å². The molecule has 0 spiro atoms. The van der Waals surface area contributed by atoms with E-state index in [1.165, 1.54) is 0 Å². The van der Waals surface area contributed by atoms with Gasteiger partial charge in [0.1, 0.15) is 6.61 Å². The fraction of sp³-hybridized carbons (Fsp3) is 0.188. The van der Waals surface area contributed by atoms with Gasteiger partial charge in [0.15, 0.2) is 0 Å².